The molecule has 3 rings (SSSR count). The number of thioether (sulfide) groups is 1. The van der Waals surface area contributed by atoms with Gasteiger partial charge in [0.2, 0.25) is 0 Å². The summed E-state index contributed by atoms with van der Waals surface area (Å²) in [7, 11) is 0. The van der Waals surface area contributed by atoms with Crippen molar-refractivity contribution in [1.82, 2.24) is 4.98 Å². The van der Waals surface area contributed by atoms with Crippen molar-refractivity contribution in [2.45, 2.75) is 30.7 Å². The smallest absolute Gasteiger partial charge is 0.131 e. The summed E-state index contributed by atoms with van der Waals surface area (Å²) in [5.41, 5.74) is 1.21. The Labute approximate surface area is 131 Å². The predicted molar refractivity (Wildman–Crippen MR) is 87.0 cm³/mol. The van der Waals surface area contributed by atoms with Crippen molar-refractivity contribution >= 4 is 46.1 Å². The summed E-state index contributed by atoms with van der Waals surface area (Å²) in [4.78, 5) is 4.33. The normalized spacial score (nSPS) is 32.6. The van der Waals surface area contributed by atoms with Crippen LogP contribution in [-0.4, -0.2) is 33.1 Å². The van der Waals surface area contributed by atoms with E-state index in [4.69, 9.17) is 0 Å². The molecule has 1 aliphatic heterocycles. The Bertz CT molecular complexity index is 480. The average molecular weight is 361 g/mol. The fraction of sp³-hybridized carbons (Fsp3) is 0.615. The van der Waals surface area contributed by atoms with Crippen molar-refractivity contribution < 1.29 is 5.11 Å². The number of nitrogens with one attached hydrogen (secondary N) is 1. The molecule has 0 radical (unpaired) electrons. The third-order valence-electron chi connectivity index (χ3n) is 4.04. The van der Waals surface area contributed by atoms with Crippen molar-refractivity contribution in [2.24, 2.45) is 5.41 Å². The maximum absolute atomic E-state index is 10.4. The second-order valence-corrected chi connectivity index (χ2v) is 8.14. The van der Waals surface area contributed by atoms with Gasteiger partial charge in [0.25, 0.3) is 0 Å². The number of hydrogen-bond donors (Lipinski definition) is 3. The number of rotatable bonds is 3. The molecule has 0 aromatic carbocycles. The minimum Gasteiger partial charge on any atom is -0.373 e. The average Bonchev–Trinajstić information content (AvgIpc) is 2.34. The van der Waals surface area contributed by atoms with Gasteiger partial charge in [-0.2, -0.15) is 24.4 Å². The van der Waals surface area contributed by atoms with E-state index < -0.39 is 6.23 Å². The van der Waals surface area contributed by atoms with E-state index in [9.17, 15) is 5.11 Å². The van der Waals surface area contributed by atoms with Gasteiger partial charge >= 0.3 is 0 Å². The van der Waals surface area contributed by atoms with Crippen molar-refractivity contribution in [3.8, 4) is 0 Å². The van der Waals surface area contributed by atoms with Crippen molar-refractivity contribution in [1.29, 1.82) is 0 Å². The topological polar surface area (TPSA) is 45.1 Å². The molecule has 1 aromatic heterocycles. The van der Waals surface area contributed by atoms with Crippen LogP contribution in [0.1, 0.15) is 18.4 Å². The van der Waals surface area contributed by atoms with Crippen molar-refractivity contribution in [2.75, 3.05) is 16.8 Å². The third-order valence-corrected chi connectivity index (χ3v) is 6.25. The molecule has 19 heavy (non-hydrogen) atoms. The zero-order valence-electron chi connectivity index (χ0n) is 10.5. The molecule has 2 aliphatic rings. The summed E-state index contributed by atoms with van der Waals surface area (Å²) in [5.74, 6) is 2.85. The summed E-state index contributed by atoms with van der Waals surface area (Å²) < 4.78 is 1.000. The van der Waals surface area contributed by atoms with Gasteiger partial charge in [0.05, 0.1) is 0 Å². The molecule has 6 heteroatoms. The van der Waals surface area contributed by atoms with Crippen LogP contribution in [0.15, 0.2) is 16.7 Å². The second kappa shape index (κ2) is 5.47. The highest BCUT2D eigenvalue weighted by molar-refractivity contribution is 9.10. The zero-order valence-corrected chi connectivity index (χ0v) is 13.8. The van der Waals surface area contributed by atoms with Crippen LogP contribution in [0.2, 0.25) is 0 Å². The molecule has 1 unspecified atom stereocenters. The molecular weight excluding hydrogens is 344 g/mol. The number of thiol groups is 1. The molecular formula is C13H17BrN2OS2. The van der Waals surface area contributed by atoms with Gasteiger partial charge < -0.3 is 10.4 Å². The molecule has 1 aromatic rings. The Hall–Kier alpha value is 0.0900. The molecule has 2 heterocycles. The van der Waals surface area contributed by atoms with Crippen LogP contribution >= 0.6 is 40.3 Å². The third kappa shape index (κ3) is 2.64. The molecule has 1 atom stereocenters. The van der Waals surface area contributed by atoms with Gasteiger partial charge in [-0.1, -0.05) is 0 Å². The molecule has 2 N–H and O–H groups in total. The summed E-state index contributed by atoms with van der Waals surface area (Å²) in [6.45, 7) is 0. The highest BCUT2D eigenvalue weighted by Crippen LogP contribution is 2.53. The van der Waals surface area contributed by atoms with E-state index in [0.29, 0.717) is 5.25 Å². The fourth-order valence-electron chi connectivity index (χ4n) is 3.06. The summed E-state index contributed by atoms with van der Waals surface area (Å²) in [5, 5.41) is 14.2. The minimum atomic E-state index is -0.471. The predicted octanol–water partition coefficient (Wildman–Crippen LogP) is 2.94. The van der Waals surface area contributed by atoms with Crippen LogP contribution in [0.3, 0.4) is 0 Å². The quantitative estimate of drug-likeness (QED) is 0.725. The van der Waals surface area contributed by atoms with Crippen molar-refractivity contribution in [3.05, 3.63) is 22.3 Å². The number of aliphatic hydroxyl groups is 1. The van der Waals surface area contributed by atoms with E-state index >= 15 is 0 Å². The number of aromatic nitrogens is 1. The van der Waals surface area contributed by atoms with Gasteiger partial charge in [0, 0.05) is 27.1 Å². The van der Waals surface area contributed by atoms with Crippen molar-refractivity contribution in [3.63, 3.8) is 0 Å². The Morgan fingerprint density at radius 3 is 3.11 bits per heavy atom. The number of nitrogens with zero attached hydrogens (tertiary/aromatic N) is 1. The Morgan fingerprint density at radius 1 is 1.58 bits per heavy atom. The zero-order chi connectivity index (χ0) is 13.5. The van der Waals surface area contributed by atoms with E-state index in [0.717, 1.165) is 41.1 Å². The van der Waals surface area contributed by atoms with Gasteiger partial charge in [0.15, 0.2) is 0 Å². The van der Waals surface area contributed by atoms with Crippen LogP contribution in [-0.2, 0) is 6.42 Å². The first-order valence-electron chi connectivity index (χ1n) is 6.44. The summed E-state index contributed by atoms with van der Waals surface area (Å²) >= 11 is 9.69. The van der Waals surface area contributed by atoms with Gasteiger partial charge in [-0.05, 0) is 52.6 Å². The summed E-state index contributed by atoms with van der Waals surface area (Å²) in [6, 6.07) is 2.11. The lowest BCUT2D eigenvalue weighted by atomic mass is 9.62. The highest BCUT2D eigenvalue weighted by atomic mass is 79.9. The lowest BCUT2D eigenvalue weighted by molar-refractivity contribution is -0.0175. The van der Waals surface area contributed by atoms with E-state index in [2.05, 4.69) is 44.9 Å². The largest absolute Gasteiger partial charge is 0.373 e. The Kier molecular flexibility index (Phi) is 4.04. The molecule has 0 amide bonds. The SMILES string of the molecule is OC1Nc2ncc(Br)cc2CC12CC(SCCS)C2. The van der Waals surface area contributed by atoms with Crippen LogP contribution in [0.4, 0.5) is 5.82 Å². The molecule has 1 aliphatic carbocycles. The maximum atomic E-state index is 10.4. The van der Waals surface area contributed by atoms with Gasteiger partial charge in [0.1, 0.15) is 12.0 Å². The second-order valence-electron chi connectivity index (χ2n) is 5.37. The van der Waals surface area contributed by atoms with Gasteiger partial charge in [-0.3, -0.25) is 0 Å². The minimum absolute atomic E-state index is 0.00371. The lowest BCUT2D eigenvalue weighted by Gasteiger charge is -2.52. The molecule has 1 spiro atoms. The van der Waals surface area contributed by atoms with E-state index in [1.807, 2.05) is 11.8 Å². The molecule has 1 saturated carbocycles. The van der Waals surface area contributed by atoms with E-state index in [-0.39, 0.29) is 5.41 Å². The van der Waals surface area contributed by atoms with Gasteiger partial charge in [-0.15, -0.1) is 0 Å². The number of halogens is 1. The molecule has 0 bridgehead atoms. The Morgan fingerprint density at radius 2 is 2.37 bits per heavy atom. The van der Waals surface area contributed by atoms with E-state index in [1.165, 1.54) is 5.56 Å². The molecule has 3 nitrogen and oxygen atoms in total. The number of pyridine rings is 1. The van der Waals surface area contributed by atoms with Crippen LogP contribution in [0, 0.1) is 5.41 Å². The molecule has 0 saturated heterocycles. The standard InChI is InChI=1S/C13H17BrN2OS2/c14-9-3-8-4-13(5-10(6-13)19-2-1-18)12(17)16-11(8)15-7-9/h3,7,10,12,17-18H,1-2,4-6H2,(H,15,16). The summed E-state index contributed by atoms with van der Waals surface area (Å²) in [6.07, 6.45) is 4.36. The van der Waals surface area contributed by atoms with Crippen LogP contribution in [0.25, 0.3) is 0 Å². The first kappa shape index (κ1) is 14.0. The fourth-order valence-corrected chi connectivity index (χ4v) is 5.09. The molecule has 1 fully saturated rings. The lowest BCUT2D eigenvalue weighted by Crippen LogP contribution is -2.55. The van der Waals surface area contributed by atoms with Gasteiger partial charge in [-0.25, -0.2) is 4.98 Å². The Balaban J connectivity index is 1.72. The molecule has 104 valence electrons. The van der Waals surface area contributed by atoms with Crippen LogP contribution in [0.5, 0.6) is 0 Å². The number of anilines is 1. The maximum Gasteiger partial charge on any atom is 0.131 e. The first-order valence-corrected chi connectivity index (χ1v) is 8.92. The monoisotopic (exact) mass is 360 g/mol. The number of aliphatic hydroxyl groups excluding tert-OH is 1. The number of fused-ring (bicyclic) bond motifs is 1. The first-order chi connectivity index (χ1) is 9.13. The van der Waals surface area contributed by atoms with Crippen LogP contribution < -0.4 is 5.32 Å². The highest BCUT2D eigenvalue weighted by Gasteiger charge is 2.51. The van der Waals surface area contributed by atoms with E-state index in [1.54, 1.807) is 6.20 Å². The number of hydrogen-bond acceptors (Lipinski definition) is 5.